The maximum Gasteiger partial charge on any atom is 0.260 e. The van der Waals surface area contributed by atoms with Crippen molar-refractivity contribution in [2.75, 3.05) is 13.1 Å². The highest BCUT2D eigenvalue weighted by Crippen LogP contribution is 2.33. The first-order chi connectivity index (χ1) is 11.5. The molecule has 0 amide bonds. The lowest BCUT2D eigenvalue weighted by Gasteiger charge is -2.37. The number of aryl methyl sites for hydroxylation is 1. The molecule has 1 fully saturated rings. The zero-order valence-corrected chi connectivity index (χ0v) is 14.8. The van der Waals surface area contributed by atoms with Gasteiger partial charge in [-0.1, -0.05) is 36.8 Å². The van der Waals surface area contributed by atoms with Crippen molar-refractivity contribution in [1.29, 1.82) is 0 Å². The Morgan fingerprint density at radius 2 is 2.00 bits per heavy atom. The van der Waals surface area contributed by atoms with Gasteiger partial charge in [-0.15, -0.1) is 0 Å². The average Bonchev–Trinajstić information content (AvgIpc) is 2.52. The maximum absolute atomic E-state index is 12.5. The first-order valence-corrected chi connectivity index (χ1v) is 8.72. The highest BCUT2D eigenvalue weighted by atomic mass is 32.1. The van der Waals surface area contributed by atoms with Gasteiger partial charge < -0.3 is 10.1 Å². The number of aromatic amines is 2. The van der Waals surface area contributed by atoms with Crippen LogP contribution in [0.15, 0.2) is 29.1 Å². The number of likely N-dealkylation sites (tertiary alicyclic amines) is 1. The van der Waals surface area contributed by atoms with Gasteiger partial charge in [0.25, 0.3) is 5.56 Å². The normalized spacial score (nSPS) is 20.0. The van der Waals surface area contributed by atoms with E-state index in [0.29, 0.717) is 11.5 Å². The first-order valence-electron chi connectivity index (χ1n) is 8.32. The molecular weight excluding hydrogens is 322 g/mol. The zero-order valence-electron chi connectivity index (χ0n) is 14.0. The number of rotatable bonds is 3. The average molecular weight is 345 g/mol. The Morgan fingerprint density at radius 3 is 2.62 bits per heavy atom. The summed E-state index contributed by atoms with van der Waals surface area (Å²) in [6.07, 6.45) is 2.28. The number of aromatic nitrogens is 2. The maximum atomic E-state index is 12.5. The summed E-state index contributed by atoms with van der Waals surface area (Å²) in [5, 5.41) is 10.4. The number of nitrogens with zero attached hydrogens (tertiary/aromatic N) is 1. The van der Waals surface area contributed by atoms with Gasteiger partial charge in [0.2, 0.25) is 5.88 Å². The summed E-state index contributed by atoms with van der Waals surface area (Å²) < 4.78 is 0.135. The van der Waals surface area contributed by atoms with Crippen LogP contribution in [0.1, 0.15) is 42.5 Å². The Labute approximate surface area is 146 Å². The third kappa shape index (κ3) is 3.44. The van der Waals surface area contributed by atoms with Crippen LogP contribution < -0.4 is 5.56 Å². The minimum Gasteiger partial charge on any atom is -0.494 e. The van der Waals surface area contributed by atoms with E-state index in [1.165, 1.54) is 6.42 Å². The summed E-state index contributed by atoms with van der Waals surface area (Å²) in [7, 11) is 0. The Balaban J connectivity index is 2.13. The summed E-state index contributed by atoms with van der Waals surface area (Å²) in [4.78, 5) is 20.1. The molecule has 6 heteroatoms. The lowest BCUT2D eigenvalue weighted by molar-refractivity contribution is 0.146. The molecule has 3 rings (SSSR count). The van der Waals surface area contributed by atoms with Gasteiger partial charge in [-0.25, -0.2) is 0 Å². The van der Waals surface area contributed by atoms with Gasteiger partial charge >= 0.3 is 0 Å². The number of hydrogen-bond donors (Lipinski definition) is 3. The molecule has 2 aromatic rings. The first kappa shape index (κ1) is 16.9. The Morgan fingerprint density at radius 1 is 1.29 bits per heavy atom. The fourth-order valence-electron chi connectivity index (χ4n) is 3.51. The van der Waals surface area contributed by atoms with Crippen molar-refractivity contribution in [3.05, 3.63) is 56.1 Å². The third-order valence-corrected chi connectivity index (χ3v) is 4.88. The summed E-state index contributed by atoms with van der Waals surface area (Å²) in [6, 6.07) is 7.83. The van der Waals surface area contributed by atoms with Crippen molar-refractivity contribution >= 4 is 12.2 Å². The number of piperidine rings is 1. The van der Waals surface area contributed by atoms with Crippen molar-refractivity contribution < 1.29 is 5.11 Å². The highest BCUT2D eigenvalue weighted by Gasteiger charge is 2.30. The standard InChI is InChI=1S/C18H23N3O2S/c1-11-5-7-13(8-6-11)15(21-9-3-4-12(2)10-21)14-16(22)19-18(24)20-17(14)23/h5-8,12,15H,3-4,9-10H2,1-2H3,(H3,19,20,22,23,24). The van der Waals surface area contributed by atoms with E-state index in [0.717, 1.165) is 30.6 Å². The second-order valence-electron chi connectivity index (χ2n) is 6.73. The molecule has 0 bridgehead atoms. The molecule has 2 atom stereocenters. The summed E-state index contributed by atoms with van der Waals surface area (Å²) >= 11 is 4.96. The Kier molecular flexibility index (Phi) is 4.87. The van der Waals surface area contributed by atoms with E-state index < -0.39 is 0 Å². The third-order valence-electron chi connectivity index (χ3n) is 4.68. The van der Waals surface area contributed by atoms with Gasteiger partial charge in [0.1, 0.15) is 0 Å². The summed E-state index contributed by atoms with van der Waals surface area (Å²) in [5.41, 5.74) is 2.16. The zero-order chi connectivity index (χ0) is 17.3. The van der Waals surface area contributed by atoms with Gasteiger partial charge in [-0.2, -0.15) is 0 Å². The van der Waals surface area contributed by atoms with Crippen LogP contribution in [0.4, 0.5) is 0 Å². The molecule has 0 aliphatic carbocycles. The monoisotopic (exact) mass is 345 g/mol. The lowest BCUT2D eigenvalue weighted by atomic mass is 9.92. The van der Waals surface area contributed by atoms with E-state index in [9.17, 15) is 9.90 Å². The molecule has 128 valence electrons. The molecule has 2 unspecified atom stereocenters. The van der Waals surface area contributed by atoms with E-state index >= 15 is 0 Å². The van der Waals surface area contributed by atoms with Crippen molar-refractivity contribution in [2.45, 2.75) is 32.7 Å². The molecule has 0 radical (unpaired) electrons. The van der Waals surface area contributed by atoms with Crippen LogP contribution in [0.2, 0.25) is 0 Å². The lowest BCUT2D eigenvalue weighted by Crippen LogP contribution is -2.40. The van der Waals surface area contributed by atoms with E-state index in [2.05, 4.69) is 21.8 Å². The molecule has 5 nitrogen and oxygen atoms in total. The SMILES string of the molecule is Cc1ccc(C(c2c(O)[nH]c(=S)[nH]c2=O)N2CCCC(C)C2)cc1. The van der Waals surface area contributed by atoms with Crippen LogP contribution in [-0.2, 0) is 0 Å². The van der Waals surface area contributed by atoms with Gasteiger partial charge in [0.15, 0.2) is 4.77 Å². The quantitative estimate of drug-likeness (QED) is 0.747. The summed E-state index contributed by atoms with van der Waals surface area (Å²) in [5.74, 6) is 0.419. The van der Waals surface area contributed by atoms with Crippen LogP contribution in [0.5, 0.6) is 5.88 Å². The van der Waals surface area contributed by atoms with Crippen molar-refractivity contribution in [1.82, 2.24) is 14.9 Å². The molecule has 1 aromatic heterocycles. The minimum atomic E-state index is -0.333. The van der Waals surface area contributed by atoms with E-state index in [4.69, 9.17) is 12.2 Å². The molecule has 1 aliphatic rings. The van der Waals surface area contributed by atoms with Crippen LogP contribution in [0.3, 0.4) is 0 Å². The molecule has 2 heterocycles. The Hall–Kier alpha value is -1.92. The second kappa shape index (κ2) is 6.91. The fraction of sp³-hybridized carbons (Fsp3) is 0.444. The van der Waals surface area contributed by atoms with Gasteiger partial charge in [0.05, 0.1) is 11.6 Å². The van der Waals surface area contributed by atoms with Gasteiger partial charge in [-0.3, -0.25) is 14.7 Å². The predicted octanol–water partition coefficient (Wildman–Crippen LogP) is 3.27. The molecule has 0 spiro atoms. The number of hydrogen-bond acceptors (Lipinski definition) is 4. The van der Waals surface area contributed by atoms with Gasteiger partial charge in [-0.05, 0) is 50.0 Å². The largest absolute Gasteiger partial charge is 0.494 e. The topological polar surface area (TPSA) is 72.1 Å². The van der Waals surface area contributed by atoms with Crippen LogP contribution in [0.25, 0.3) is 0 Å². The Bertz CT molecular complexity index is 825. The van der Waals surface area contributed by atoms with E-state index in [-0.39, 0.29) is 22.3 Å². The minimum absolute atomic E-state index is 0.135. The van der Waals surface area contributed by atoms with Crippen LogP contribution in [0, 0.1) is 17.6 Å². The number of nitrogens with one attached hydrogen (secondary N) is 2. The molecule has 1 saturated heterocycles. The molecule has 1 aromatic carbocycles. The smallest absolute Gasteiger partial charge is 0.260 e. The number of aromatic hydroxyl groups is 1. The second-order valence-corrected chi connectivity index (χ2v) is 7.13. The van der Waals surface area contributed by atoms with E-state index in [1.807, 2.05) is 31.2 Å². The van der Waals surface area contributed by atoms with Gasteiger partial charge in [0, 0.05) is 6.54 Å². The molecule has 1 aliphatic heterocycles. The van der Waals surface area contributed by atoms with Crippen LogP contribution in [-0.4, -0.2) is 33.1 Å². The fourth-order valence-corrected chi connectivity index (χ4v) is 3.70. The molecule has 3 N–H and O–H groups in total. The van der Waals surface area contributed by atoms with E-state index in [1.54, 1.807) is 0 Å². The van der Waals surface area contributed by atoms with Crippen molar-refractivity contribution in [3.63, 3.8) is 0 Å². The van der Waals surface area contributed by atoms with Crippen molar-refractivity contribution in [3.8, 4) is 5.88 Å². The molecular formula is C18H23N3O2S. The highest BCUT2D eigenvalue weighted by molar-refractivity contribution is 7.71. The number of H-pyrrole nitrogens is 2. The van der Waals surface area contributed by atoms with Crippen LogP contribution >= 0.6 is 12.2 Å². The molecule has 24 heavy (non-hydrogen) atoms. The van der Waals surface area contributed by atoms with Crippen molar-refractivity contribution in [2.24, 2.45) is 5.92 Å². The molecule has 0 saturated carbocycles. The summed E-state index contributed by atoms with van der Waals surface area (Å²) in [6.45, 7) is 6.05. The number of benzene rings is 1. The predicted molar refractivity (Wildman–Crippen MR) is 96.9 cm³/mol.